The van der Waals surface area contributed by atoms with Crippen LogP contribution in [0.1, 0.15) is 16.1 Å². The monoisotopic (exact) mass is 487 g/mol. The molecular weight excluding hydrogens is 469 g/mol. The van der Waals surface area contributed by atoms with Gasteiger partial charge in [-0.05, 0) is 59.0 Å². The summed E-state index contributed by atoms with van der Waals surface area (Å²) in [5.41, 5.74) is 1.95. The van der Waals surface area contributed by atoms with Crippen LogP contribution in [0.2, 0.25) is 0 Å². The SMILES string of the molecule is O=C(CNC(=O)c1ccccc1I)Nc1cccc(OCc2ccccn2)c1. The van der Waals surface area contributed by atoms with Gasteiger partial charge in [-0.2, -0.15) is 0 Å². The molecule has 2 N–H and O–H groups in total. The summed E-state index contributed by atoms with van der Waals surface area (Å²) in [5.74, 6) is 0.0140. The maximum Gasteiger partial charge on any atom is 0.252 e. The van der Waals surface area contributed by atoms with E-state index in [1.807, 2.05) is 30.3 Å². The van der Waals surface area contributed by atoms with Crippen molar-refractivity contribution in [1.29, 1.82) is 0 Å². The number of halogens is 1. The quantitative estimate of drug-likeness (QED) is 0.499. The molecule has 0 bridgehead atoms. The number of pyridine rings is 1. The highest BCUT2D eigenvalue weighted by atomic mass is 127. The minimum atomic E-state index is -0.318. The number of benzene rings is 2. The van der Waals surface area contributed by atoms with Crippen molar-refractivity contribution in [2.75, 3.05) is 11.9 Å². The Balaban J connectivity index is 1.51. The Morgan fingerprint density at radius 3 is 2.61 bits per heavy atom. The number of nitrogens with one attached hydrogen (secondary N) is 2. The molecule has 28 heavy (non-hydrogen) atoms. The van der Waals surface area contributed by atoms with Crippen molar-refractivity contribution < 1.29 is 14.3 Å². The highest BCUT2D eigenvalue weighted by molar-refractivity contribution is 14.1. The van der Waals surface area contributed by atoms with Crippen LogP contribution in [0.5, 0.6) is 5.75 Å². The molecule has 0 unspecified atom stereocenters. The van der Waals surface area contributed by atoms with E-state index in [4.69, 9.17) is 4.74 Å². The number of amides is 2. The van der Waals surface area contributed by atoms with Gasteiger partial charge in [0, 0.05) is 21.5 Å². The van der Waals surface area contributed by atoms with E-state index in [2.05, 4.69) is 38.2 Å². The van der Waals surface area contributed by atoms with Gasteiger partial charge in [0.25, 0.3) is 5.91 Å². The molecule has 0 saturated heterocycles. The molecular formula is C21H18IN3O3. The Hall–Kier alpha value is -2.94. The van der Waals surface area contributed by atoms with E-state index in [1.165, 1.54) is 0 Å². The molecule has 7 heteroatoms. The molecule has 1 heterocycles. The number of ether oxygens (including phenoxy) is 1. The van der Waals surface area contributed by atoms with Crippen molar-refractivity contribution in [3.63, 3.8) is 0 Å². The van der Waals surface area contributed by atoms with Crippen molar-refractivity contribution in [3.8, 4) is 5.75 Å². The number of carbonyl (C=O) groups excluding carboxylic acids is 2. The van der Waals surface area contributed by atoms with Crippen molar-refractivity contribution in [2.24, 2.45) is 0 Å². The number of nitrogens with zero attached hydrogens (tertiary/aromatic N) is 1. The number of hydrogen-bond donors (Lipinski definition) is 2. The molecule has 0 radical (unpaired) electrons. The van der Waals surface area contributed by atoms with Gasteiger partial charge in [0.2, 0.25) is 5.91 Å². The van der Waals surface area contributed by atoms with Crippen LogP contribution in [0.15, 0.2) is 72.9 Å². The largest absolute Gasteiger partial charge is 0.487 e. The second-order valence-electron chi connectivity index (χ2n) is 5.85. The number of rotatable bonds is 7. The molecule has 0 aliphatic rings. The van der Waals surface area contributed by atoms with Gasteiger partial charge in [0.05, 0.1) is 17.8 Å². The van der Waals surface area contributed by atoms with Crippen LogP contribution in [0.25, 0.3) is 0 Å². The Kier molecular flexibility index (Phi) is 6.96. The fourth-order valence-corrected chi connectivity index (χ4v) is 3.04. The first-order valence-electron chi connectivity index (χ1n) is 8.57. The predicted molar refractivity (Wildman–Crippen MR) is 115 cm³/mol. The lowest BCUT2D eigenvalue weighted by molar-refractivity contribution is -0.115. The molecule has 0 atom stereocenters. The second kappa shape index (κ2) is 9.84. The van der Waals surface area contributed by atoms with Crippen LogP contribution in [0.3, 0.4) is 0 Å². The van der Waals surface area contributed by atoms with Crippen molar-refractivity contribution >= 4 is 40.1 Å². The minimum absolute atomic E-state index is 0.122. The zero-order valence-corrected chi connectivity index (χ0v) is 17.0. The van der Waals surface area contributed by atoms with Gasteiger partial charge in [-0.15, -0.1) is 0 Å². The summed E-state index contributed by atoms with van der Waals surface area (Å²) < 4.78 is 6.53. The summed E-state index contributed by atoms with van der Waals surface area (Å²) in [6, 6.07) is 19.9. The Bertz CT molecular complexity index is 964. The van der Waals surface area contributed by atoms with Crippen LogP contribution < -0.4 is 15.4 Å². The maximum atomic E-state index is 12.2. The minimum Gasteiger partial charge on any atom is -0.487 e. The van der Waals surface area contributed by atoms with Crippen LogP contribution in [-0.2, 0) is 11.4 Å². The van der Waals surface area contributed by atoms with E-state index in [0.717, 1.165) is 9.26 Å². The highest BCUT2D eigenvalue weighted by Gasteiger charge is 2.11. The van der Waals surface area contributed by atoms with Crippen molar-refractivity contribution in [3.05, 3.63) is 87.8 Å². The summed E-state index contributed by atoms with van der Waals surface area (Å²) in [7, 11) is 0. The number of carbonyl (C=O) groups is 2. The standard InChI is InChI=1S/C21H18IN3O3/c22-19-10-2-1-9-18(19)21(27)24-13-20(26)25-15-7-5-8-17(12-15)28-14-16-6-3-4-11-23-16/h1-12H,13-14H2,(H,24,27)(H,25,26). The van der Waals surface area contributed by atoms with Crippen LogP contribution >= 0.6 is 22.6 Å². The lowest BCUT2D eigenvalue weighted by Crippen LogP contribution is -2.33. The smallest absolute Gasteiger partial charge is 0.252 e. The summed E-state index contributed by atoms with van der Waals surface area (Å²) in [5, 5.41) is 5.38. The molecule has 142 valence electrons. The van der Waals surface area contributed by atoms with E-state index < -0.39 is 0 Å². The summed E-state index contributed by atoms with van der Waals surface area (Å²) in [6.07, 6.45) is 1.71. The zero-order chi connectivity index (χ0) is 19.8. The lowest BCUT2D eigenvalue weighted by atomic mass is 10.2. The third kappa shape index (κ3) is 5.78. The molecule has 0 aliphatic carbocycles. The van der Waals surface area contributed by atoms with Gasteiger partial charge in [-0.1, -0.05) is 24.3 Å². The van der Waals surface area contributed by atoms with Gasteiger partial charge in [0.1, 0.15) is 12.4 Å². The van der Waals surface area contributed by atoms with Crippen LogP contribution in [-0.4, -0.2) is 23.3 Å². The molecule has 3 rings (SSSR count). The third-order valence-corrected chi connectivity index (χ3v) is 4.70. The molecule has 0 spiro atoms. The summed E-state index contributed by atoms with van der Waals surface area (Å²) in [6.45, 7) is 0.215. The van der Waals surface area contributed by atoms with E-state index in [9.17, 15) is 9.59 Å². The molecule has 0 aliphatic heterocycles. The average Bonchev–Trinajstić information content (AvgIpc) is 2.72. The first-order chi connectivity index (χ1) is 13.6. The number of aromatic nitrogens is 1. The Labute approximate surface area is 176 Å². The fraction of sp³-hybridized carbons (Fsp3) is 0.0952. The number of anilines is 1. The first-order valence-corrected chi connectivity index (χ1v) is 9.65. The highest BCUT2D eigenvalue weighted by Crippen LogP contribution is 2.18. The van der Waals surface area contributed by atoms with Crippen LogP contribution in [0, 0.1) is 3.57 Å². The molecule has 0 saturated carbocycles. The maximum absolute atomic E-state index is 12.2. The Morgan fingerprint density at radius 2 is 1.82 bits per heavy atom. The molecule has 2 amide bonds. The third-order valence-electron chi connectivity index (χ3n) is 3.76. The predicted octanol–water partition coefficient (Wildman–Crippen LogP) is 3.63. The van der Waals surface area contributed by atoms with Gasteiger partial charge >= 0.3 is 0 Å². The number of hydrogen-bond acceptors (Lipinski definition) is 4. The molecule has 6 nitrogen and oxygen atoms in total. The van der Waals surface area contributed by atoms with Gasteiger partial charge in [0.15, 0.2) is 0 Å². The average molecular weight is 487 g/mol. The van der Waals surface area contributed by atoms with Gasteiger partial charge < -0.3 is 15.4 Å². The lowest BCUT2D eigenvalue weighted by Gasteiger charge is -2.10. The summed E-state index contributed by atoms with van der Waals surface area (Å²) in [4.78, 5) is 28.5. The normalized spacial score (nSPS) is 10.2. The van der Waals surface area contributed by atoms with Crippen molar-refractivity contribution in [2.45, 2.75) is 6.61 Å². The van der Waals surface area contributed by atoms with Gasteiger partial charge in [-0.25, -0.2) is 0 Å². The molecule has 0 fully saturated rings. The van der Waals surface area contributed by atoms with Crippen LogP contribution in [0.4, 0.5) is 5.69 Å². The fourth-order valence-electron chi connectivity index (χ4n) is 2.41. The van der Waals surface area contributed by atoms with E-state index in [-0.39, 0.29) is 18.4 Å². The van der Waals surface area contributed by atoms with E-state index in [0.29, 0.717) is 23.6 Å². The van der Waals surface area contributed by atoms with Crippen molar-refractivity contribution in [1.82, 2.24) is 10.3 Å². The topological polar surface area (TPSA) is 80.3 Å². The summed E-state index contributed by atoms with van der Waals surface area (Å²) >= 11 is 2.09. The second-order valence-corrected chi connectivity index (χ2v) is 7.01. The molecule has 3 aromatic rings. The van der Waals surface area contributed by atoms with E-state index in [1.54, 1.807) is 42.6 Å². The molecule has 2 aromatic carbocycles. The Morgan fingerprint density at radius 1 is 1.00 bits per heavy atom. The van der Waals surface area contributed by atoms with E-state index >= 15 is 0 Å². The zero-order valence-electron chi connectivity index (χ0n) is 14.9. The van der Waals surface area contributed by atoms with Gasteiger partial charge in [-0.3, -0.25) is 14.6 Å². The molecule has 1 aromatic heterocycles. The first kappa shape index (κ1) is 19.8.